The summed E-state index contributed by atoms with van der Waals surface area (Å²) >= 11 is 0. The number of halogens is 3. The van der Waals surface area contributed by atoms with Crippen molar-refractivity contribution in [3.05, 3.63) is 83.2 Å². The molecular weight excluding hydrogens is 606 g/mol. The number of nitrogens with one attached hydrogen (secondary N) is 1. The van der Waals surface area contributed by atoms with Gasteiger partial charge in [-0.1, -0.05) is 19.1 Å². The van der Waals surface area contributed by atoms with Crippen LogP contribution in [0.25, 0.3) is 0 Å². The number of methoxy groups -OCH3 is 3. The normalized spacial score (nSPS) is 24.4. The third-order valence-electron chi connectivity index (χ3n) is 9.61. The average molecular weight is 645 g/mol. The summed E-state index contributed by atoms with van der Waals surface area (Å²) < 4.78 is 46.0. The highest BCUT2D eigenvalue weighted by Gasteiger charge is 2.64. The second-order valence-electron chi connectivity index (χ2n) is 11.3. The predicted molar refractivity (Wildman–Crippen MR) is 167 cm³/mol. The van der Waals surface area contributed by atoms with Gasteiger partial charge in [-0.05, 0) is 73.2 Å². The van der Waals surface area contributed by atoms with E-state index in [-0.39, 0.29) is 37.2 Å². The molecule has 1 aromatic heterocycles. The Hall–Kier alpha value is -3.96. The Labute approximate surface area is 267 Å². The van der Waals surface area contributed by atoms with Crippen molar-refractivity contribution in [2.75, 3.05) is 41.0 Å². The Morgan fingerprint density at radius 2 is 1.78 bits per heavy atom. The van der Waals surface area contributed by atoms with Crippen LogP contribution in [0.4, 0.5) is 8.78 Å². The van der Waals surface area contributed by atoms with Crippen molar-refractivity contribution >= 4 is 24.2 Å². The molecule has 0 bridgehead atoms. The number of hydrogen-bond acceptors (Lipinski definition) is 7. The van der Waals surface area contributed by atoms with Gasteiger partial charge in [0.15, 0.2) is 23.1 Å². The minimum Gasteiger partial charge on any atom is -0.493 e. The molecule has 4 atom stereocenters. The molecule has 45 heavy (non-hydrogen) atoms. The van der Waals surface area contributed by atoms with E-state index >= 15 is 4.39 Å². The second-order valence-corrected chi connectivity index (χ2v) is 11.3. The first-order valence-corrected chi connectivity index (χ1v) is 14.7. The summed E-state index contributed by atoms with van der Waals surface area (Å²) in [6.45, 7) is 3.37. The molecule has 4 unspecified atom stereocenters. The van der Waals surface area contributed by atoms with E-state index in [1.807, 2.05) is 6.92 Å². The van der Waals surface area contributed by atoms with Gasteiger partial charge in [0.05, 0.1) is 32.3 Å². The molecule has 2 aliphatic rings. The van der Waals surface area contributed by atoms with Crippen molar-refractivity contribution < 1.29 is 32.6 Å². The van der Waals surface area contributed by atoms with Gasteiger partial charge in [-0.3, -0.25) is 14.6 Å². The average Bonchev–Trinajstić information content (AvgIpc) is 3.60. The molecule has 0 spiro atoms. The number of rotatable bonds is 9. The first-order chi connectivity index (χ1) is 21.2. The molecule has 2 amide bonds. The van der Waals surface area contributed by atoms with Crippen LogP contribution in [-0.4, -0.2) is 68.2 Å². The quantitative estimate of drug-likeness (QED) is 0.349. The van der Waals surface area contributed by atoms with Gasteiger partial charge in [-0.2, -0.15) is 0 Å². The number of likely N-dealkylation sites (tertiary alicyclic amines) is 1. The van der Waals surface area contributed by atoms with Crippen LogP contribution in [0.2, 0.25) is 0 Å². The highest BCUT2D eigenvalue weighted by Crippen LogP contribution is 2.58. The number of pyridine rings is 1. The molecule has 0 radical (unpaired) electrons. The number of ether oxygens (including phenoxy) is 3. The molecular formula is C33H39ClF2N4O5. The largest absolute Gasteiger partial charge is 0.493 e. The molecule has 2 saturated heterocycles. The number of amides is 2. The van der Waals surface area contributed by atoms with Crippen LogP contribution in [-0.2, 0) is 10.2 Å². The van der Waals surface area contributed by atoms with E-state index in [4.69, 9.17) is 19.9 Å². The fraction of sp³-hybridized carbons (Fsp3) is 0.424. The number of primary amides is 1. The number of carbonyl (C=O) groups excluding carboxylic acids is 2. The number of nitrogens with two attached hydrogens (primary N) is 1. The summed E-state index contributed by atoms with van der Waals surface area (Å²) in [5, 5.41) is 3.41. The maximum atomic E-state index is 15.0. The van der Waals surface area contributed by atoms with Crippen molar-refractivity contribution in [1.82, 2.24) is 15.2 Å². The first-order valence-electron chi connectivity index (χ1n) is 14.7. The van der Waals surface area contributed by atoms with Crippen LogP contribution in [0.3, 0.4) is 0 Å². The summed E-state index contributed by atoms with van der Waals surface area (Å²) in [6.07, 6.45) is 4.42. The lowest BCUT2D eigenvalue weighted by atomic mass is 9.51. The summed E-state index contributed by atoms with van der Waals surface area (Å²) in [5.74, 6) is -3.03. The Morgan fingerprint density at radius 1 is 1.07 bits per heavy atom. The number of carbonyl (C=O) groups is 2. The van der Waals surface area contributed by atoms with Crippen molar-refractivity contribution in [2.45, 2.75) is 43.1 Å². The fourth-order valence-corrected chi connectivity index (χ4v) is 7.71. The van der Waals surface area contributed by atoms with Gasteiger partial charge < -0.3 is 30.2 Å². The van der Waals surface area contributed by atoms with E-state index < -0.39 is 34.4 Å². The fourth-order valence-electron chi connectivity index (χ4n) is 7.71. The van der Waals surface area contributed by atoms with Gasteiger partial charge in [0.2, 0.25) is 11.7 Å². The van der Waals surface area contributed by atoms with Crippen LogP contribution >= 0.6 is 12.4 Å². The van der Waals surface area contributed by atoms with Crippen LogP contribution in [0.1, 0.15) is 53.6 Å². The van der Waals surface area contributed by atoms with Gasteiger partial charge in [0, 0.05) is 37.0 Å². The predicted octanol–water partition coefficient (Wildman–Crippen LogP) is 4.62. The Kier molecular flexibility index (Phi) is 10.2. The van der Waals surface area contributed by atoms with E-state index in [1.165, 1.54) is 27.4 Å². The molecule has 3 N–H and O–H groups in total. The first kappa shape index (κ1) is 33.9. The van der Waals surface area contributed by atoms with E-state index in [1.54, 1.807) is 41.6 Å². The van der Waals surface area contributed by atoms with Gasteiger partial charge in [-0.25, -0.2) is 8.78 Å². The molecule has 5 rings (SSSR count). The highest BCUT2D eigenvalue weighted by molar-refractivity contribution is 5.97. The monoisotopic (exact) mass is 644 g/mol. The Bertz CT molecular complexity index is 1520. The Morgan fingerprint density at radius 3 is 2.29 bits per heavy atom. The zero-order valence-electron chi connectivity index (χ0n) is 25.8. The standard InChI is InChI=1S/C33H38F2N4O5.ClH/c1-5-33(23-10-13-38-19-23)29(20-8-9-24(34)25(35)15-20)32(31(36)41,22-7-6-12-37-18-22)11-14-39(33)30(40)21-16-26(42-2)28(44-4)27(17-21)43-3;/h6-9,12,15-18,23,29,38H,5,10-11,13-14,19H2,1-4H3,(H2,36,41);1H. The highest BCUT2D eigenvalue weighted by atomic mass is 35.5. The van der Waals surface area contributed by atoms with E-state index in [9.17, 15) is 14.0 Å². The number of piperidine rings is 1. The smallest absolute Gasteiger partial charge is 0.254 e. The molecule has 2 aliphatic heterocycles. The number of hydrogen-bond donors (Lipinski definition) is 2. The van der Waals surface area contributed by atoms with E-state index in [0.29, 0.717) is 59.9 Å². The minimum atomic E-state index is -1.39. The van der Waals surface area contributed by atoms with Crippen molar-refractivity contribution in [3.63, 3.8) is 0 Å². The zero-order chi connectivity index (χ0) is 31.6. The SMILES string of the molecule is CCC1(C2CCNC2)C(c2ccc(F)c(F)c2)C(C(N)=O)(c2cccnc2)CCN1C(=O)c1cc(OC)c(OC)c(OC)c1.Cl. The van der Waals surface area contributed by atoms with E-state index in [2.05, 4.69) is 10.3 Å². The molecule has 0 saturated carbocycles. The van der Waals surface area contributed by atoms with Crippen molar-refractivity contribution in [2.24, 2.45) is 11.7 Å². The van der Waals surface area contributed by atoms with Gasteiger partial charge in [0.1, 0.15) is 0 Å². The number of aromatic nitrogens is 1. The molecule has 2 fully saturated rings. The van der Waals surface area contributed by atoms with Gasteiger partial charge in [-0.15, -0.1) is 12.4 Å². The lowest BCUT2D eigenvalue weighted by Gasteiger charge is -2.61. The molecule has 3 heterocycles. The molecule has 9 nitrogen and oxygen atoms in total. The summed E-state index contributed by atoms with van der Waals surface area (Å²) in [6, 6.07) is 10.4. The molecule has 3 aromatic rings. The summed E-state index contributed by atoms with van der Waals surface area (Å²) in [5.41, 5.74) is 5.13. The van der Waals surface area contributed by atoms with E-state index in [0.717, 1.165) is 12.1 Å². The topological polar surface area (TPSA) is 116 Å². The van der Waals surface area contributed by atoms with Gasteiger partial charge >= 0.3 is 0 Å². The molecule has 0 aliphatic carbocycles. The molecule has 12 heteroatoms. The summed E-state index contributed by atoms with van der Waals surface area (Å²) in [7, 11) is 4.43. The van der Waals surface area contributed by atoms with Crippen LogP contribution in [0, 0.1) is 17.6 Å². The van der Waals surface area contributed by atoms with Gasteiger partial charge in [0.25, 0.3) is 5.91 Å². The second kappa shape index (κ2) is 13.6. The van der Waals surface area contributed by atoms with Crippen molar-refractivity contribution in [3.8, 4) is 17.2 Å². The third-order valence-corrected chi connectivity index (χ3v) is 9.61. The molecule has 242 valence electrons. The molecule has 2 aromatic carbocycles. The zero-order valence-corrected chi connectivity index (χ0v) is 26.6. The van der Waals surface area contributed by atoms with Crippen LogP contribution in [0.15, 0.2) is 54.9 Å². The maximum absolute atomic E-state index is 15.0. The third kappa shape index (κ3) is 5.46. The van der Waals surface area contributed by atoms with Crippen LogP contribution < -0.4 is 25.3 Å². The Balaban J connectivity index is 0.00000461. The van der Waals surface area contributed by atoms with Crippen LogP contribution in [0.5, 0.6) is 17.2 Å². The minimum absolute atomic E-state index is 0. The van der Waals surface area contributed by atoms with Crippen molar-refractivity contribution in [1.29, 1.82) is 0 Å². The number of nitrogens with zero attached hydrogens (tertiary/aromatic N) is 2. The lowest BCUT2D eigenvalue weighted by molar-refractivity contribution is -0.131. The lowest BCUT2D eigenvalue weighted by Crippen LogP contribution is -2.70. The number of benzene rings is 2. The summed E-state index contributed by atoms with van der Waals surface area (Å²) in [4.78, 5) is 34.7. The maximum Gasteiger partial charge on any atom is 0.254 e.